The Hall–Kier alpha value is -0.0800. The summed E-state index contributed by atoms with van der Waals surface area (Å²) in [5.74, 6) is 0. The Morgan fingerprint density at radius 1 is 0.667 bits per heavy atom. The van der Waals surface area contributed by atoms with Crippen molar-refractivity contribution in [2.45, 2.75) is 110 Å². The molecule has 21 heavy (non-hydrogen) atoms. The van der Waals surface area contributed by atoms with Crippen LogP contribution in [0.1, 0.15) is 104 Å². The molecule has 0 aromatic heterocycles. The molecule has 0 rings (SSSR count). The van der Waals surface area contributed by atoms with E-state index in [2.05, 4.69) is 19.2 Å². The monoisotopic (exact) mass is 299 g/mol. The molecule has 0 radical (unpaired) electrons. The molecule has 0 aliphatic carbocycles. The summed E-state index contributed by atoms with van der Waals surface area (Å²) in [6, 6.07) is 0. The largest absolute Gasteiger partial charge is 0.392 e. The van der Waals surface area contributed by atoms with Crippen molar-refractivity contribution in [2.24, 2.45) is 0 Å². The van der Waals surface area contributed by atoms with Gasteiger partial charge < -0.3 is 10.4 Å². The standard InChI is InChI=1S/C19H41NO/c1-3-5-6-7-8-9-10-11-12-13-14-15-16-19(21)18-20-17-4-2/h19-21H,3-18H2,1-2H3. The van der Waals surface area contributed by atoms with E-state index in [0.29, 0.717) is 0 Å². The van der Waals surface area contributed by atoms with E-state index in [1.54, 1.807) is 0 Å². The molecule has 0 spiro atoms. The van der Waals surface area contributed by atoms with Gasteiger partial charge in [0.05, 0.1) is 6.10 Å². The fourth-order valence-electron chi connectivity index (χ4n) is 2.77. The number of aliphatic hydroxyl groups is 1. The van der Waals surface area contributed by atoms with Crippen molar-refractivity contribution < 1.29 is 5.11 Å². The lowest BCUT2D eigenvalue weighted by atomic mass is 10.0. The molecule has 2 N–H and O–H groups in total. The summed E-state index contributed by atoms with van der Waals surface area (Å²) in [5.41, 5.74) is 0. The minimum Gasteiger partial charge on any atom is -0.392 e. The summed E-state index contributed by atoms with van der Waals surface area (Å²) in [7, 11) is 0. The van der Waals surface area contributed by atoms with Gasteiger partial charge in [0.15, 0.2) is 0 Å². The van der Waals surface area contributed by atoms with Crippen molar-refractivity contribution in [3.63, 3.8) is 0 Å². The maximum atomic E-state index is 9.77. The number of nitrogens with one attached hydrogen (secondary N) is 1. The van der Waals surface area contributed by atoms with Crippen molar-refractivity contribution in [3.05, 3.63) is 0 Å². The first kappa shape index (κ1) is 20.9. The van der Waals surface area contributed by atoms with Crippen LogP contribution in [0.2, 0.25) is 0 Å². The second-order valence-electron chi connectivity index (χ2n) is 6.54. The normalized spacial score (nSPS) is 12.7. The van der Waals surface area contributed by atoms with Crippen LogP contribution in [-0.4, -0.2) is 24.3 Å². The van der Waals surface area contributed by atoms with Gasteiger partial charge in [0.1, 0.15) is 0 Å². The Bertz CT molecular complexity index is 184. The van der Waals surface area contributed by atoms with E-state index < -0.39 is 0 Å². The van der Waals surface area contributed by atoms with Crippen LogP contribution in [0, 0.1) is 0 Å². The first-order chi connectivity index (χ1) is 10.3. The van der Waals surface area contributed by atoms with Crippen LogP contribution in [0.3, 0.4) is 0 Å². The Morgan fingerprint density at radius 3 is 1.62 bits per heavy atom. The van der Waals surface area contributed by atoms with Crippen molar-refractivity contribution in [2.75, 3.05) is 13.1 Å². The van der Waals surface area contributed by atoms with Gasteiger partial charge in [-0.15, -0.1) is 0 Å². The van der Waals surface area contributed by atoms with Gasteiger partial charge in [-0.25, -0.2) is 0 Å². The third kappa shape index (κ3) is 17.9. The van der Waals surface area contributed by atoms with Gasteiger partial charge >= 0.3 is 0 Å². The second-order valence-corrected chi connectivity index (χ2v) is 6.54. The highest BCUT2D eigenvalue weighted by Gasteiger charge is 2.02. The predicted octanol–water partition coefficient (Wildman–Crippen LogP) is 5.44. The molecule has 0 saturated heterocycles. The van der Waals surface area contributed by atoms with Crippen LogP contribution in [0.4, 0.5) is 0 Å². The molecule has 1 unspecified atom stereocenters. The summed E-state index contributed by atoms with van der Waals surface area (Å²) >= 11 is 0. The van der Waals surface area contributed by atoms with Gasteiger partial charge in [-0.3, -0.25) is 0 Å². The van der Waals surface area contributed by atoms with Crippen LogP contribution in [-0.2, 0) is 0 Å². The number of hydrogen-bond acceptors (Lipinski definition) is 2. The Morgan fingerprint density at radius 2 is 1.14 bits per heavy atom. The fourth-order valence-corrected chi connectivity index (χ4v) is 2.77. The zero-order chi connectivity index (χ0) is 15.6. The molecule has 0 aliphatic rings. The lowest BCUT2D eigenvalue weighted by molar-refractivity contribution is 0.158. The SMILES string of the molecule is CCCCCCCCCCCCCCC(O)CNCCC. The first-order valence-corrected chi connectivity index (χ1v) is 9.70. The van der Waals surface area contributed by atoms with E-state index in [9.17, 15) is 5.11 Å². The van der Waals surface area contributed by atoms with Crippen LogP contribution < -0.4 is 5.32 Å². The molecule has 0 aliphatic heterocycles. The Kier molecular flexibility index (Phi) is 17.9. The number of aliphatic hydroxyl groups excluding tert-OH is 1. The molecular weight excluding hydrogens is 258 g/mol. The molecule has 0 aromatic carbocycles. The zero-order valence-corrected chi connectivity index (χ0v) is 14.8. The van der Waals surface area contributed by atoms with Gasteiger partial charge in [0.25, 0.3) is 0 Å². The third-order valence-corrected chi connectivity index (χ3v) is 4.20. The molecule has 0 bridgehead atoms. The molecule has 0 aromatic rings. The molecule has 128 valence electrons. The molecule has 0 saturated carbocycles. The maximum Gasteiger partial charge on any atom is 0.0664 e. The van der Waals surface area contributed by atoms with Gasteiger partial charge in [-0.05, 0) is 19.4 Å². The molecule has 2 nitrogen and oxygen atoms in total. The van der Waals surface area contributed by atoms with Gasteiger partial charge in [0.2, 0.25) is 0 Å². The molecule has 0 amide bonds. The maximum absolute atomic E-state index is 9.77. The summed E-state index contributed by atoms with van der Waals surface area (Å²) in [5, 5.41) is 13.1. The zero-order valence-electron chi connectivity index (χ0n) is 14.8. The fraction of sp³-hybridized carbons (Fsp3) is 1.00. The number of rotatable bonds is 17. The minimum atomic E-state index is -0.139. The minimum absolute atomic E-state index is 0.139. The molecule has 0 fully saturated rings. The predicted molar refractivity (Wildman–Crippen MR) is 94.9 cm³/mol. The van der Waals surface area contributed by atoms with Crippen LogP contribution in [0.25, 0.3) is 0 Å². The Balaban J connectivity index is 3.05. The highest BCUT2D eigenvalue weighted by molar-refractivity contribution is 4.59. The topological polar surface area (TPSA) is 32.3 Å². The summed E-state index contributed by atoms with van der Waals surface area (Å²) in [6.45, 7) is 6.23. The van der Waals surface area contributed by atoms with Crippen LogP contribution >= 0.6 is 0 Å². The van der Waals surface area contributed by atoms with E-state index in [0.717, 1.165) is 25.9 Å². The van der Waals surface area contributed by atoms with Crippen LogP contribution in [0.15, 0.2) is 0 Å². The van der Waals surface area contributed by atoms with Gasteiger partial charge in [0, 0.05) is 6.54 Å². The number of unbranched alkanes of at least 4 members (excludes halogenated alkanes) is 11. The highest BCUT2D eigenvalue weighted by Crippen LogP contribution is 2.12. The van der Waals surface area contributed by atoms with Crippen molar-refractivity contribution in [1.82, 2.24) is 5.32 Å². The van der Waals surface area contributed by atoms with Crippen molar-refractivity contribution in [1.29, 1.82) is 0 Å². The smallest absolute Gasteiger partial charge is 0.0664 e. The first-order valence-electron chi connectivity index (χ1n) is 9.70. The lowest BCUT2D eigenvalue weighted by Gasteiger charge is -2.11. The average Bonchev–Trinajstić information content (AvgIpc) is 2.48. The van der Waals surface area contributed by atoms with Gasteiger partial charge in [-0.1, -0.05) is 90.9 Å². The summed E-state index contributed by atoms with van der Waals surface area (Å²) < 4.78 is 0. The van der Waals surface area contributed by atoms with Crippen molar-refractivity contribution >= 4 is 0 Å². The van der Waals surface area contributed by atoms with E-state index in [1.807, 2.05) is 0 Å². The van der Waals surface area contributed by atoms with E-state index in [1.165, 1.54) is 77.0 Å². The summed E-state index contributed by atoms with van der Waals surface area (Å²) in [6.07, 6.45) is 18.6. The van der Waals surface area contributed by atoms with E-state index in [4.69, 9.17) is 0 Å². The van der Waals surface area contributed by atoms with Crippen molar-refractivity contribution in [3.8, 4) is 0 Å². The lowest BCUT2D eigenvalue weighted by Crippen LogP contribution is -2.27. The summed E-state index contributed by atoms with van der Waals surface area (Å²) in [4.78, 5) is 0. The molecular formula is C19H41NO. The highest BCUT2D eigenvalue weighted by atomic mass is 16.3. The quantitative estimate of drug-likeness (QED) is 0.351. The second kappa shape index (κ2) is 18.0. The van der Waals surface area contributed by atoms with Gasteiger partial charge in [-0.2, -0.15) is 0 Å². The number of hydrogen-bond donors (Lipinski definition) is 2. The molecule has 2 heteroatoms. The van der Waals surface area contributed by atoms with E-state index >= 15 is 0 Å². The molecule has 0 heterocycles. The van der Waals surface area contributed by atoms with Crippen LogP contribution in [0.5, 0.6) is 0 Å². The average molecular weight is 300 g/mol. The van der Waals surface area contributed by atoms with E-state index in [-0.39, 0.29) is 6.10 Å². The molecule has 1 atom stereocenters. The third-order valence-electron chi connectivity index (χ3n) is 4.20. The Labute approximate surface area is 134 Å².